The molecule has 0 bridgehead atoms. The summed E-state index contributed by atoms with van der Waals surface area (Å²) < 4.78 is 42.8. The van der Waals surface area contributed by atoms with Crippen molar-refractivity contribution in [3.05, 3.63) is 73.9 Å². The van der Waals surface area contributed by atoms with Crippen LogP contribution in [0.3, 0.4) is 0 Å². The van der Waals surface area contributed by atoms with Crippen LogP contribution in [-0.2, 0) is 12.7 Å². The number of fused-ring (bicyclic) bond motifs is 1. The Morgan fingerprint density at radius 2 is 1.82 bits per heavy atom. The number of carbonyl (C=O) groups is 1. The second-order valence-corrected chi connectivity index (χ2v) is 8.69. The van der Waals surface area contributed by atoms with Crippen LogP contribution >= 0.6 is 27.5 Å². The highest BCUT2D eigenvalue weighted by atomic mass is 79.9. The Bertz CT molecular complexity index is 1380. The molecule has 0 radical (unpaired) electrons. The van der Waals surface area contributed by atoms with Gasteiger partial charge in [-0.2, -0.15) is 23.4 Å². The molecule has 3 aromatic heterocycles. The molecular formula is C21H17BrClF3N6O. The molecule has 3 heterocycles. The van der Waals surface area contributed by atoms with Crippen LogP contribution in [0.1, 0.15) is 38.8 Å². The summed E-state index contributed by atoms with van der Waals surface area (Å²) in [4.78, 5) is 17.1. The van der Waals surface area contributed by atoms with Gasteiger partial charge in [0.05, 0.1) is 28.1 Å². The van der Waals surface area contributed by atoms with E-state index in [4.69, 9.17) is 11.6 Å². The summed E-state index contributed by atoms with van der Waals surface area (Å²) in [5.74, 6) is -0.685. The van der Waals surface area contributed by atoms with Gasteiger partial charge < -0.3 is 5.32 Å². The largest absolute Gasteiger partial charge is 0.433 e. The number of rotatable bonds is 4. The number of benzene rings is 1. The number of halogens is 5. The molecule has 12 heteroatoms. The van der Waals surface area contributed by atoms with Crippen molar-refractivity contribution in [3.8, 4) is 0 Å². The molecule has 0 aliphatic rings. The maximum Gasteiger partial charge on any atom is 0.433 e. The first-order valence-corrected chi connectivity index (χ1v) is 10.9. The summed E-state index contributed by atoms with van der Waals surface area (Å²) in [7, 11) is 0. The predicted molar refractivity (Wildman–Crippen MR) is 121 cm³/mol. The first kappa shape index (κ1) is 23.2. The molecule has 4 aromatic rings. The molecule has 7 nitrogen and oxygen atoms in total. The van der Waals surface area contributed by atoms with Gasteiger partial charge in [-0.05, 0) is 60.5 Å². The molecule has 0 saturated carbocycles. The van der Waals surface area contributed by atoms with Gasteiger partial charge in [0.1, 0.15) is 5.69 Å². The van der Waals surface area contributed by atoms with Crippen molar-refractivity contribution in [1.82, 2.24) is 24.4 Å². The van der Waals surface area contributed by atoms with E-state index in [2.05, 4.69) is 36.4 Å². The Hall–Kier alpha value is -2.92. The van der Waals surface area contributed by atoms with Crippen molar-refractivity contribution in [2.45, 2.75) is 33.5 Å². The molecule has 0 spiro atoms. The van der Waals surface area contributed by atoms with Gasteiger partial charge in [0.25, 0.3) is 5.91 Å². The van der Waals surface area contributed by atoms with Crippen LogP contribution in [0.25, 0.3) is 5.65 Å². The highest BCUT2D eigenvalue weighted by Gasteiger charge is 2.36. The zero-order chi connectivity index (χ0) is 24.1. The van der Waals surface area contributed by atoms with E-state index in [9.17, 15) is 18.0 Å². The van der Waals surface area contributed by atoms with Gasteiger partial charge in [-0.15, -0.1) is 0 Å². The normalized spacial score (nSPS) is 11.9. The van der Waals surface area contributed by atoms with E-state index < -0.39 is 17.8 Å². The van der Waals surface area contributed by atoms with Crippen molar-refractivity contribution < 1.29 is 18.0 Å². The molecule has 1 N–H and O–H groups in total. The standard InChI is InChI=1S/C21H17BrClF3N6O/c1-10-8-15(21(24,25)26)32-19(27-10)16(22)18(30-32)20(33)28-17-11(2)29-31(12(17)3)9-13-4-6-14(23)7-5-13/h4-8H,9H2,1-3H3,(H,28,33). The quantitative estimate of drug-likeness (QED) is 0.366. The van der Waals surface area contributed by atoms with E-state index >= 15 is 0 Å². The molecular weight excluding hydrogens is 525 g/mol. The lowest BCUT2D eigenvalue weighted by Crippen LogP contribution is -2.16. The maximum atomic E-state index is 13.5. The Kier molecular flexibility index (Phi) is 5.95. The van der Waals surface area contributed by atoms with Gasteiger partial charge in [-0.25, -0.2) is 9.50 Å². The van der Waals surface area contributed by atoms with Crippen LogP contribution < -0.4 is 5.32 Å². The van der Waals surface area contributed by atoms with E-state index in [1.165, 1.54) is 6.92 Å². The zero-order valence-electron chi connectivity index (χ0n) is 17.6. The minimum absolute atomic E-state index is 0.0677. The van der Waals surface area contributed by atoms with Crippen LogP contribution in [-0.4, -0.2) is 30.3 Å². The first-order valence-electron chi connectivity index (χ1n) is 9.68. The lowest BCUT2D eigenvalue weighted by molar-refractivity contribution is -0.142. The lowest BCUT2D eigenvalue weighted by atomic mass is 10.2. The van der Waals surface area contributed by atoms with Gasteiger partial charge in [0, 0.05) is 10.7 Å². The predicted octanol–water partition coefficient (Wildman–Crippen LogP) is 5.59. The van der Waals surface area contributed by atoms with Crippen LogP contribution in [0.2, 0.25) is 5.02 Å². The summed E-state index contributed by atoms with van der Waals surface area (Å²) in [6.45, 7) is 5.41. The third-order valence-corrected chi connectivity index (χ3v) is 6.01. The van der Waals surface area contributed by atoms with Crippen molar-refractivity contribution >= 4 is 44.8 Å². The number of alkyl halides is 3. The summed E-state index contributed by atoms with van der Waals surface area (Å²) >= 11 is 9.12. The van der Waals surface area contributed by atoms with E-state index in [0.29, 0.717) is 33.2 Å². The molecule has 1 aromatic carbocycles. The smallest absolute Gasteiger partial charge is 0.317 e. The van der Waals surface area contributed by atoms with Crippen LogP contribution in [0.5, 0.6) is 0 Å². The van der Waals surface area contributed by atoms with E-state index in [1.807, 2.05) is 12.1 Å². The third-order valence-electron chi connectivity index (χ3n) is 5.03. The Labute approximate surface area is 199 Å². The third kappa shape index (κ3) is 4.47. The lowest BCUT2D eigenvalue weighted by Gasteiger charge is -2.09. The topological polar surface area (TPSA) is 77.1 Å². The number of nitrogens with zero attached hydrogens (tertiary/aromatic N) is 5. The number of aromatic nitrogens is 5. The van der Waals surface area contributed by atoms with Gasteiger partial charge in [-0.1, -0.05) is 23.7 Å². The number of hydrogen-bond donors (Lipinski definition) is 1. The minimum Gasteiger partial charge on any atom is -0.317 e. The average molecular weight is 542 g/mol. The average Bonchev–Trinajstić information content (AvgIpc) is 3.20. The fourth-order valence-electron chi connectivity index (χ4n) is 3.43. The molecule has 172 valence electrons. The van der Waals surface area contributed by atoms with Crippen molar-refractivity contribution in [3.63, 3.8) is 0 Å². The molecule has 1 amide bonds. The van der Waals surface area contributed by atoms with E-state index in [1.54, 1.807) is 30.7 Å². The first-order chi connectivity index (χ1) is 15.5. The highest BCUT2D eigenvalue weighted by Crippen LogP contribution is 2.33. The van der Waals surface area contributed by atoms with Crippen molar-refractivity contribution in [1.29, 1.82) is 0 Å². The molecule has 0 saturated heterocycles. The van der Waals surface area contributed by atoms with Gasteiger partial charge in [0.15, 0.2) is 11.3 Å². The minimum atomic E-state index is -4.67. The van der Waals surface area contributed by atoms with Gasteiger partial charge in [-0.3, -0.25) is 9.48 Å². The molecule has 0 aliphatic carbocycles. The summed E-state index contributed by atoms with van der Waals surface area (Å²) in [5.41, 5.74) is 1.47. The summed E-state index contributed by atoms with van der Waals surface area (Å²) in [5, 5.41) is 11.7. The van der Waals surface area contributed by atoms with Crippen molar-refractivity contribution in [2.75, 3.05) is 5.32 Å². The van der Waals surface area contributed by atoms with Crippen molar-refractivity contribution in [2.24, 2.45) is 0 Å². The monoisotopic (exact) mass is 540 g/mol. The second-order valence-electron chi connectivity index (χ2n) is 7.46. The molecule has 0 unspecified atom stereocenters. The number of aryl methyl sites for hydroxylation is 2. The van der Waals surface area contributed by atoms with Gasteiger partial charge in [0.2, 0.25) is 0 Å². The second kappa shape index (κ2) is 8.45. The molecule has 33 heavy (non-hydrogen) atoms. The number of nitrogens with one attached hydrogen (secondary N) is 1. The summed E-state index contributed by atoms with van der Waals surface area (Å²) in [6, 6.07) is 8.17. The Balaban J connectivity index is 1.67. The molecule has 4 rings (SSSR count). The highest BCUT2D eigenvalue weighted by molar-refractivity contribution is 9.10. The van der Waals surface area contributed by atoms with Gasteiger partial charge >= 0.3 is 6.18 Å². The number of anilines is 1. The van der Waals surface area contributed by atoms with Crippen LogP contribution in [0.15, 0.2) is 34.8 Å². The molecule has 0 atom stereocenters. The Morgan fingerprint density at radius 3 is 2.45 bits per heavy atom. The fraction of sp³-hybridized carbons (Fsp3) is 0.238. The zero-order valence-corrected chi connectivity index (χ0v) is 20.0. The van der Waals surface area contributed by atoms with Crippen LogP contribution in [0, 0.1) is 20.8 Å². The summed E-state index contributed by atoms with van der Waals surface area (Å²) in [6.07, 6.45) is -4.67. The maximum absolute atomic E-state index is 13.5. The fourth-order valence-corrected chi connectivity index (χ4v) is 4.07. The number of hydrogen-bond acceptors (Lipinski definition) is 4. The Morgan fingerprint density at radius 1 is 1.15 bits per heavy atom. The molecule has 0 fully saturated rings. The molecule has 0 aliphatic heterocycles. The number of amides is 1. The number of carbonyl (C=O) groups excluding carboxylic acids is 1. The van der Waals surface area contributed by atoms with Crippen LogP contribution in [0.4, 0.5) is 18.9 Å². The van der Waals surface area contributed by atoms with E-state index in [0.717, 1.165) is 11.6 Å². The van der Waals surface area contributed by atoms with E-state index in [-0.39, 0.29) is 21.5 Å². The SMILES string of the molecule is Cc1cc(C(F)(F)F)n2nc(C(=O)Nc3c(C)nn(Cc4ccc(Cl)cc4)c3C)c(Br)c2n1.